The van der Waals surface area contributed by atoms with Crippen LogP contribution in [-0.2, 0) is 6.54 Å². The Bertz CT molecular complexity index is 629. The van der Waals surface area contributed by atoms with E-state index in [1.807, 2.05) is 12.1 Å². The van der Waals surface area contributed by atoms with Crippen LogP contribution in [0.15, 0.2) is 54.6 Å². The lowest BCUT2D eigenvalue weighted by Crippen LogP contribution is -2.48. The van der Waals surface area contributed by atoms with Gasteiger partial charge in [-0.25, -0.2) is 0 Å². The highest BCUT2D eigenvalue weighted by molar-refractivity contribution is 5.33. The maximum atomic E-state index is 5.49. The van der Waals surface area contributed by atoms with Crippen LogP contribution in [0.4, 0.5) is 0 Å². The molecular formula is C21H28N2O. The van der Waals surface area contributed by atoms with Crippen molar-refractivity contribution >= 4 is 0 Å². The molecule has 0 aliphatic carbocycles. The summed E-state index contributed by atoms with van der Waals surface area (Å²) in [6.07, 6.45) is 2.46. The molecule has 1 aliphatic rings. The zero-order chi connectivity index (χ0) is 16.8. The average molecular weight is 324 g/mol. The number of methoxy groups -OCH3 is 1. The zero-order valence-electron chi connectivity index (χ0n) is 14.7. The summed E-state index contributed by atoms with van der Waals surface area (Å²) in [5.41, 5.74) is 2.64. The van der Waals surface area contributed by atoms with E-state index in [9.17, 15) is 0 Å². The fourth-order valence-electron chi connectivity index (χ4n) is 3.82. The summed E-state index contributed by atoms with van der Waals surface area (Å²) in [7, 11) is 1.74. The van der Waals surface area contributed by atoms with E-state index in [1.165, 1.54) is 30.5 Å². The molecule has 0 aromatic heterocycles. The summed E-state index contributed by atoms with van der Waals surface area (Å²) >= 11 is 0. The van der Waals surface area contributed by atoms with Crippen LogP contribution >= 0.6 is 0 Å². The first-order chi connectivity index (χ1) is 11.8. The number of nitrogens with zero attached hydrogens (tertiary/aromatic N) is 1. The first-order valence-electron chi connectivity index (χ1n) is 8.97. The number of nitrogens with one attached hydrogen (secondary N) is 1. The van der Waals surface area contributed by atoms with Crippen molar-refractivity contribution in [2.75, 3.05) is 20.2 Å². The maximum absolute atomic E-state index is 5.49. The molecule has 3 rings (SSSR count). The molecule has 1 heterocycles. The van der Waals surface area contributed by atoms with Crippen molar-refractivity contribution in [1.29, 1.82) is 0 Å². The third-order valence-electron chi connectivity index (χ3n) is 5.03. The van der Waals surface area contributed by atoms with Gasteiger partial charge in [-0.3, -0.25) is 4.90 Å². The molecule has 1 N–H and O–H groups in total. The molecule has 1 fully saturated rings. The number of hydrogen-bond donors (Lipinski definition) is 1. The van der Waals surface area contributed by atoms with Crippen molar-refractivity contribution in [1.82, 2.24) is 10.2 Å². The number of rotatable bonds is 6. The molecule has 1 saturated heterocycles. The topological polar surface area (TPSA) is 24.5 Å². The Hall–Kier alpha value is -1.84. The molecule has 2 aromatic rings. The van der Waals surface area contributed by atoms with Crippen LogP contribution in [0.3, 0.4) is 0 Å². The van der Waals surface area contributed by atoms with Gasteiger partial charge >= 0.3 is 0 Å². The fourth-order valence-corrected chi connectivity index (χ4v) is 3.82. The minimum Gasteiger partial charge on any atom is -0.496 e. The molecule has 2 aromatic carbocycles. The van der Waals surface area contributed by atoms with Gasteiger partial charge in [0.05, 0.1) is 13.2 Å². The normalized spacial score (nSPS) is 21.6. The summed E-state index contributed by atoms with van der Waals surface area (Å²) < 4.78 is 5.49. The van der Waals surface area contributed by atoms with Gasteiger partial charge in [-0.2, -0.15) is 0 Å². The Balaban J connectivity index is 1.77. The molecule has 2 atom stereocenters. The molecular weight excluding hydrogens is 296 g/mol. The molecule has 24 heavy (non-hydrogen) atoms. The predicted octanol–water partition coefficient (Wildman–Crippen LogP) is 4.01. The Labute approximate surface area is 145 Å². The van der Waals surface area contributed by atoms with Gasteiger partial charge in [-0.15, -0.1) is 0 Å². The number of likely N-dealkylation sites (tertiary alicyclic amines) is 1. The van der Waals surface area contributed by atoms with Crippen molar-refractivity contribution in [2.45, 2.75) is 38.4 Å². The Kier molecular flexibility index (Phi) is 5.89. The van der Waals surface area contributed by atoms with Crippen molar-refractivity contribution in [3.63, 3.8) is 0 Å². The lowest BCUT2D eigenvalue weighted by molar-refractivity contribution is 0.117. The quantitative estimate of drug-likeness (QED) is 0.869. The molecule has 0 spiro atoms. The molecule has 128 valence electrons. The third-order valence-corrected chi connectivity index (χ3v) is 5.03. The van der Waals surface area contributed by atoms with Gasteiger partial charge in [0.25, 0.3) is 0 Å². The van der Waals surface area contributed by atoms with Crippen molar-refractivity contribution < 1.29 is 4.74 Å². The summed E-state index contributed by atoms with van der Waals surface area (Å²) in [5, 5.41) is 3.80. The SMILES string of the molecule is CCN1CCC[C@H](NCc2ccccc2OC)[C@@H]1c1ccccc1. The largest absolute Gasteiger partial charge is 0.496 e. The minimum absolute atomic E-state index is 0.444. The van der Waals surface area contributed by atoms with Crippen LogP contribution in [0.5, 0.6) is 5.75 Å². The number of likely N-dealkylation sites (N-methyl/N-ethyl adjacent to an activating group) is 1. The second-order valence-corrected chi connectivity index (χ2v) is 6.43. The van der Waals surface area contributed by atoms with Crippen LogP contribution in [0.25, 0.3) is 0 Å². The van der Waals surface area contributed by atoms with E-state index in [2.05, 4.69) is 59.6 Å². The molecule has 1 aliphatic heterocycles. The second kappa shape index (κ2) is 8.32. The number of para-hydroxylation sites is 1. The van der Waals surface area contributed by atoms with E-state index in [0.29, 0.717) is 12.1 Å². The van der Waals surface area contributed by atoms with Gasteiger partial charge in [-0.05, 0) is 37.6 Å². The van der Waals surface area contributed by atoms with E-state index < -0.39 is 0 Å². The van der Waals surface area contributed by atoms with Gasteiger partial charge in [0, 0.05) is 18.2 Å². The summed E-state index contributed by atoms with van der Waals surface area (Å²) in [6.45, 7) is 5.38. The van der Waals surface area contributed by atoms with Crippen LogP contribution in [-0.4, -0.2) is 31.1 Å². The Morgan fingerprint density at radius 2 is 1.83 bits per heavy atom. The van der Waals surface area contributed by atoms with Gasteiger partial charge in [-0.1, -0.05) is 55.5 Å². The number of ether oxygens (including phenoxy) is 1. The molecule has 3 nitrogen and oxygen atoms in total. The number of benzene rings is 2. The van der Waals surface area contributed by atoms with E-state index in [0.717, 1.165) is 18.8 Å². The Morgan fingerprint density at radius 3 is 2.58 bits per heavy atom. The monoisotopic (exact) mass is 324 g/mol. The molecule has 0 unspecified atom stereocenters. The van der Waals surface area contributed by atoms with Gasteiger partial charge in [0.2, 0.25) is 0 Å². The van der Waals surface area contributed by atoms with Crippen molar-refractivity contribution in [2.24, 2.45) is 0 Å². The van der Waals surface area contributed by atoms with E-state index >= 15 is 0 Å². The fraction of sp³-hybridized carbons (Fsp3) is 0.429. The van der Waals surface area contributed by atoms with Crippen molar-refractivity contribution in [3.8, 4) is 5.75 Å². The van der Waals surface area contributed by atoms with Gasteiger partial charge < -0.3 is 10.1 Å². The standard InChI is InChI=1S/C21H28N2O/c1-3-23-15-9-13-19(21(23)17-10-5-4-6-11-17)22-16-18-12-7-8-14-20(18)24-2/h4-8,10-12,14,19,21-22H,3,9,13,15-16H2,1-2H3/t19-,21-/m0/s1. The maximum Gasteiger partial charge on any atom is 0.123 e. The molecule has 3 heteroatoms. The van der Waals surface area contributed by atoms with Crippen LogP contribution in [0.1, 0.15) is 36.9 Å². The van der Waals surface area contributed by atoms with Crippen molar-refractivity contribution in [3.05, 3.63) is 65.7 Å². The van der Waals surface area contributed by atoms with Crippen LogP contribution in [0.2, 0.25) is 0 Å². The first kappa shape index (κ1) is 17.0. The van der Waals surface area contributed by atoms with E-state index in [-0.39, 0.29) is 0 Å². The highest BCUT2D eigenvalue weighted by atomic mass is 16.5. The second-order valence-electron chi connectivity index (χ2n) is 6.43. The minimum atomic E-state index is 0.444. The Morgan fingerprint density at radius 1 is 1.08 bits per heavy atom. The molecule has 0 amide bonds. The molecule has 0 saturated carbocycles. The number of piperidine rings is 1. The van der Waals surface area contributed by atoms with Gasteiger partial charge in [0.1, 0.15) is 5.75 Å². The lowest BCUT2D eigenvalue weighted by Gasteiger charge is -2.41. The summed E-state index contributed by atoms with van der Waals surface area (Å²) in [5.74, 6) is 0.962. The predicted molar refractivity (Wildman–Crippen MR) is 99.3 cm³/mol. The van der Waals surface area contributed by atoms with E-state index in [1.54, 1.807) is 7.11 Å². The summed E-state index contributed by atoms with van der Waals surface area (Å²) in [4.78, 5) is 2.60. The third kappa shape index (κ3) is 3.80. The average Bonchev–Trinajstić information content (AvgIpc) is 2.66. The molecule has 0 bridgehead atoms. The zero-order valence-corrected chi connectivity index (χ0v) is 14.7. The highest BCUT2D eigenvalue weighted by Gasteiger charge is 2.31. The highest BCUT2D eigenvalue weighted by Crippen LogP contribution is 2.31. The van der Waals surface area contributed by atoms with Crippen LogP contribution < -0.4 is 10.1 Å². The lowest BCUT2D eigenvalue weighted by atomic mass is 9.90. The smallest absolute Gasteiger partial charge is 0.123 e. The first-order valence-corrected chi connectivity index (χ1v) is 8.97. The number of hydrogen-bond acceptors (Lipinski definition) is 3. The molecule has 0 radical (unpaired) electrons. The van der Waals surface area contributed by atoms with Gasteiger partial charge in [0.15, 0.2) is 0 Å². The van der Waals surface area contributed by atoms with E-state index in [4.69, 9.17) is 4.74 Å². The van der Waals surface area contributed by atoms with Crippen LogP contribution in [0, 0.1) is 0 Å². The summed E-state index contributed by atoms with van der Waals surface area (Å²) in [6, 6.07) is 20.1.